The van der Waals surface area contributed by atoms with Gasteiger partial charge in [-0.05, 0) is 29.7 Å². The Morgan fingerprint density at radius 1 is 1.12 bits per heavy atom. The van der Waals surface area contributed by atoms with Crippen LogP contribution in [-0.2, 0) is 27.3 Å². The van der Waals surface area contributed by atoms with Crippen molar-refractivity contribution in [1.29, 1.82) is 0 Å². The quantitative estimate of drug-likeness (QED) is 0.628. The van der Waals surface area contributed by atoms with E-state index in [0.29, 0.717) is 37.6 Å². The summed E-state index contributed by atoms with van der Waals surface area (Å²) in [6, 6.07) is 15.5. The highest BCUT2D eigenvalue weighted by Crippen LogP contribution is 2.51. The van der Waals surface area contributed by atoms with E-state index in [1.165, 1.54) is 0 Å². The monoisotopic (exact) mass is 448 g/mol. The number of hydrogen-bond acceptors (Lipinski definition) is 5. The second-order valence-electron chi connectivity index (χ2n) is 8.80. The van der Waals surface area contributed by atoms with E-state index >= 15 is 0 Å². The highest BCUT2D eigenvalue weighted by Gasteiger charge is 2.66. The Bertz CT molecular complexity index is 1090. The van der Waals surface area contributed by atoms with Crippen molar-refractivity contribution in [1.82, 2.24) is 10.2 Å². The van der Waals surface area contributed by atoms with Gasteiger partial charge in [-0.3, -0.25) is 9.59 Å². The Labute approximate surface area is 193 Å². The fourth-order valence-electron chi connectivity index (χ4n) is 5.27. The molecule has 3 heterocycles. The van der Waals surface area contributed by atoms with Crippen LogP contribution in [0.3, 0.4) is 0 Å². The van der Waals surface area contributed by atoms with Crippen LogP contribution in [0.5, 0.6) is 11.5 Å². The molecule has 7 heteroatoms. The van der Waals surface area contributed by atoms with Gasteiger partial charge in [0.05, 0.1) is 38.7 Å². The molecule has 5 rings (SSSR count). The Morgan fingerprint density at radius 2 is 1.91 bits per heavy atom. The fourth-order valence-corrected chi connectivity index (χ4v) is 5.27. The van der Waals surface area contributed by atoms with Crippen LogP contribution < -0.4 is 14.8 Å². The fraction of sp³-hybridized carbons (Fsp3) is 0.385. The van der Waals surface area contributed by atoms with Gasteiger partial charge in [-0.25, -0.2) is 0 Å². The Morgan fingerprint density at radius 3 is 2.67 bits per heavy atom. The van der Waals surface area contributed by atoms with Crippen LogP contribution in [0.2, 0.25) is 0 Å². The summed E-state index contributed by atoms with van der Waals surface area (Å²) < 4.78 is 16.9. The molecule has 0 aromatic heterocycles. The smallest absolute Gasteiger partial charge is 0.230 e. The first kappa shape index (κ1) is 21.5. The molecule has 7 nitrogen and oxygen atoms in total. The third kappa shape index (κ3) is 3.76. The number of ether oxygens (including phenoxy) is 3. The van der Waals surface area contributed by atoms with Gasteiger partial charge < -0.3 is 24.4 Å². The summed E-state index contributed by atoms with van der Waals surface area (Å²) in [5.74, 6) is 0.216. The zero-order chi connectivity index (χ0) is 23.0. The topological polar surface area (TPSA) is 77.1 Å². The molecule has 2 saturated heterocycles. The lowest BCUT2D eigenvalue weighted by Crippen LogP contribution is -2.44. The van der Waals surface area contributed by atoms with Crippen molar-refractivity contribution in [2.24, 2.45) is 11.8 Å². The summed E-state index contributed by atoms with van der Waals surface area (Å²) >= 11 is 0. The minimum atomic E-state index is -0.700. The summed E-state index contributed by atoms with van der Waals surface area (Å²) in [5, 5.41) is 3.00. The second kappa shape index (κ2) is 8.56. The molecule has 2 aromatic carbocycles. The summed E-state index contributed by atoms with van der Waals surface area (Å²) in [6.45, 7) is 1.45. The standard InChI is InChI=1S/C26H28N2O5/c1-31-19-9-8-17(14-21(19)32-2)11-13-28-16-26-12-10-20(33-26)22(23(26)25(28)30)24(29)27-15-18-6-4-3-5-7-18/h3-10,12,14,20,22-23H,11,13,15-16H2,1-2H3,(H,27,29)/t20-,22-,23-,26-/m0/s1. The maximum atomic E-state index is 13.4. The first-order valence-electron chi connectivity index (χ1n) is 11.2. The van der Waals surface area contributed by atoms with E-state index in [4.69, 9.17) is 14.2 Å². The zero-order valence-electron chi connectivity index (χ0n) is 18.8. The average molecular weight is 449 g/mol. The first-order chi connectivity index (χ1) is 16.0. The van der Waals surface area contributed by atoms with Gasteiger partial charge in [0, 0.05) is 13.1 Å². The van der Waals surface area contributed by atoms with E-state index in [1.807, 2.05) is 65.6 Å². The van der Waals surface area contributed by atoms with Crippen LogP contribution in [0.25, 0.3) is 0 Å². The van der Waals surface area contributed by atoms with Crippen LogP contribution in [0.1, 0.15) is 11.1 Å². The normalized spacial score (nSPS) is 27.0. The molecule has 1 spiro atoms. The molecule has 1 N–H and O–H groups in total. The molecule has 0 aliphatic carbocycles. The van der Waals surface area contributed by atoms with Crippen molar-refractivity contribution in [2.75, 3.05) is 27.3 Å². The summed E-state index contributed by atoms with van der Waals surface area (Å²) in [7, 11) is 3.21. The minimum absolute atomic E-state index is 0.0119. The number of amides is 2. The van der Waals surface area contributed by atoms with Crippen molar-refractivity contribution in [3.63, 3.8) is 0 Å². The van der Waals surface area contributed by atoms with Gasteiger partial charge in [0.1, 0.15) is 5.60 Å². The van der Waals surface area contributed by atoms with Gasteiger partial charge in [-0.2, -0.15) is 0 Å². The largest absolute Gasteiger partial charge is 0.493 e. The molecule has 2 bridgehead atoms. The summed E-state index contributed by atoms with van der Waals surface area (Å²) in [5.41, 5.74) is 1.37. The Hall–Kier alpha value is -3.32. The Kier molecular flexibility index (Phi) is 5.58. The molecule has 2 aromatic rings. The number of methoxy groups -OCH3 is 2. The van der Waals surface area contributed by atoms with Gasteiger partial charge in [0.15, 0.2) is 11.5 Å². The lowest BCUT2D eigenvalue weighted by atomic mass is 9.77. The van der Waals surface area contributed by atoms with Gasteiger partial charge in [0.2, 0.25) is 11.8 Å². The SMILES string of the molecule is COc1ccc(CCN2C[C@]34C=C[C@H](O3)[C@H](C(=O)NCc3ccccc3)[C@H]4C2=O)cc1OC. The molecular formula is C26H28N2O5. The summed E-state index contributed by atoms with van der Waals surface area (Å²) in [4.78, 5) is 28.3. The number of nitrogens with one attached hydrogen (secondary N) is 1. The molecule has 172 valence electrons. The molecule has 3 aliphatic heterocycles. The number of benzene rings is 2. The number of carbonyl (C=O) groups is 2. The molecule has 33 heavy (non-hydrogen) atoms. The average Bonchev–Trinajstić information content (AvgIpc) is 3.49. The molecule has 3 aliphatic rings. The van der Waals surface area contributed by atoms with Crippen molar-refractivity contribution in [3.05, 3.63) is 71.8 Å². The molecule has 0 saturated carbocycles. The van der Waals surface area contributed by atoms with Crippen LogP contribution in [-0.4, -0.2) is 55.7 Å². The number of rotatable bonds is 8. The highest BCUT2D eigenvalue weighted by molar-refractivity contribution is 5.93. The number of carbonyl (C=O) groups excluding carboxylic acids is 2. The van der Waals surface area contributed by atoms with Crippen molar-refractivity contribution in [3.8, 4) is 11.5 Å². The minimum Gasteiger partial charge on any atom is -0.493 e. The van der Waals surface area contributed by atoms with Gasteiger partial charge >= 0.3 is 0 Å². The van der Waals surface area contributed by atoms with Crippen LogP contribution in [0, 0.1) is 11.8 Å². The zero-order valence-corrected chi connectivity index (χ0v) is 18.8. The summed E-state index contributed by atoms with van der Waals surface area (Å²) in [6.07, 6.45) is 4.25. The number of fused-ring (bicyclic) bond motifs is 1. The molecule has 4 atom stereocenters. The highest BCUT2D eigenvalue weighted by atomic mass is 16.5. The van der Waals surface area contributed by atoms with Crippen LogP contribution >= 0.6 is 0 Å². The van der Waals surface area contributed by atoms with Crippen LogP contribution in [0.4, 0.5) is 0 Å². The first-order valence-corrected chi connectivity index (χ1v) is 11.2. The molecular weight excluding hydrogens is 420 g/mol. The molecule has 0 radical (unpaired) electrons. The van der Waals surface area contributed by atoms with Gasteiger partial charge in [0.25, 0.3) is 0 Å². The van der Waals surface area contributed by atoms with E-state index in [2.05, 4.69) is 5.32 Å². The predicted octanol–water partition coefficient (Wildman–Crippen LogP) is 2.34. The van der Waals surface area contributed by atoms with Crippen LogP contribution in [0.15, 0.2) is 60.7 Å². The van der Waals surface area contributed by atoms with Crippen molar-refractivity contribution in [2.45, 2.75) is 24.7 Å². The third-order valence-electron chi connectivity index (χ3n) is 6.91. The van der Waals surface area contributed by atoms with E-state index in [0.717, 1.165) is 11.1 Å². The number of nitrogens with zero attached hydrogens (tertiary/aromatic N) is 1. The maximum Gasteiger partial charge on any atom is 0.230 e. The molecule has 2 amide bonds. The third-order valence-corrected chi connectivity index (χ3v) is 6.91. The number of likely N-dealkylation sites (tertiary alicyclic amines) is 1. The molecule has 2 fully saturated rings. The van der Waals surface area contributed by atoms with E-state index < -0.39 is 17.4 Å². The second-order valence-corrected chi connectivity index (χ2v) is 8.80. The van der Waals surface area contributed by atoms with Crippen molar-refractivity contribution < 1.29 is 23.8 Å². The van der Waals surface area contributed by atoms with Gasteiger partial charge in [-0.1, -0.05) is 48.6 Å². The van der Waals surface area contributed by atoms with Crippen molar-refractivity contribution >= 4 is 11.8 Å². The molecule has 0 unspecified atom stereocenters. The van der Waals surface area contributed by atoms with E-state index in [-0.39, 0.29) is 17.9 Å². The van der Waals surface area contributed by atoms with E-state index in [1.54, 1.807) is 14.2 Å². The number of hydrogen-bond donors (Lipinski definition) is 1. The van der Waals surface area contributed by atoms with E-state index in [9.17, 15) is 9.59 Å². The Balaban J connectivity index is 1.26. The van der Waals surface area contributed by atoms with Gasteiger partial charge in [-0.15, -0.1) is 0 Å². The maximum absolute atomic E-state index is 13.4. The lowest BCUT2D eigenvalue weighted by Gasteiger charge is -2.23. The predicted molar refractivity (Wildman–Crippen MR) is 122 cm³/mol. The lowest BCUT2D eigenvalue weighted by molar-refractivity contribution is -0.137.